The van der Waals surface area contributed by atoms with Crippen molar-refractivity contribution in [2.75, 3.05) is 25.4 Å². The predicted molar refractivity (Wildman–Crippen MR) is 148 cm³/mol. The Bertz CT molecular complexity index is 990. The summed E-state index contributed by atoms with van der Waals surface area (Å²) in [6.07, 6.45) is -0.427. The lowest BCUT2D eigenvalue weighted by molar-refractivity contribution is -0.141. The fourth-order valence-corrected chi connectivity index (χ4v) is 3.32. The van der Waals surface area contributed by atoms with E-state index in [0.29, 0.717) is 0 Å². The average molecular weight is 606 g/mol. The van der Waals surface area contributed by atoms with Crippen LogP contribution in [-0.2, 0) is 33.6 Å². The van der Waals surface area contributed by atoms with Crippen LogP contribution in [0.15, 0.2) is 4.99 Å². The molecule has 0 saturated heterocycles. The average Bonchev–Trinajstić information content (AvgIpc) is 2.88. The molecule has 0 rings (SSSR count). The second-order valence-electron chi connectivity index (χ2n) is 9.08. The van der Waals surface area contributed by atoms with Crippen LogP contribution >= 0.6 is 12.6 Å². The van der Waals surface area contributed by atoms with Crippen molar-refractivity contribution in [2.45, 2.75) is 57.3 Å². The molecule has 0 unspecified atom stereocenters. The molecule has 0 spiro atoms. The first kappa shape index (κ1) is 36.9. The Hall–Kier alpha value is -4.13. The van der Waals surface area contributed by atoms with Crippen molar-refractivity contribution >= 4 is 60.1 Å². The van der Waals surface area contributed by atoms with E-state index >= 15 is 0 Å². The Kier molecular flexibility index (Phi) is 17.1. The number of carboxylic acid groups (broad SMARTS) is 2. The van der Waals surface area contributed by atoms with E-state index in [9.17, 15) is 33.6 Å². The Morgan fingerprint density at radius 3 is 1.95 bits per heavy atom. The van der Waals surface area contributed by atoms with Crippen LogP contribution in [0.5, 0.6) is 0 Å². The third-order valence-corrected chi connectivity index (χ3v) is 5.61. The number of nitrogens with one attached hydrogen (secondary N) is 5. The topological polar surface area (TPSA) is 311 Å². The molecule has 18 nitrogen and oxygen atoms in total. The van der Waals surface area contributed by atoms with Gasteiger partial charge in [0.25, 0.3) is 0 Å². The summed E-state index contributed by atoms with van der Waals surface area (Å²) in [5.41, 5.74) is 16.1. The fraction of sp³-hybridized carbons (Fsp3) is 0.636. The van der Waals surface area contributed by atoms with Gasteiger partial charge in [0, 0.05) is 12.3 Å². The molecule has 0 aromatic heterocycles. The molecule has 232 valence electrons. The molecule has 19 heteroatoms. The van der Waals surface area contributed by atoms with Crippen LogP contribution in [-0.4, -0.2) is 107 Å². The summed E-state index contributed by atoms with van der Waals surface area (Å²) >= 11 is 3.81. The third-order valence-electron chi connectivity index (χ3n) is 5.24. The van der Waals surface area contributed by atoms with Crippen LogP contribution in [0.1, 0.15) is 33.1 Å². The number of hydrogen-bond donors (Lipinski definition) is 11. The van der Waals surface area contributed by atoms with Crippen LogP contribution in [0, 0.1) is 5.92 Å². The summed E-state index contributed by atoms with van der Waals surface area (Å²) in [5.74, 6) is -7.41. The smallest absolute Gasteiger partial charge is 0.327 e. The third kappa shape index (κ3) is 15.9. The maximum absolute atomic E-state index is 13.0. The van der Waals surface area contributed by atoms with Gasteiger partial charge in [-0.1, -0.05) is 13.8 Å². The number of nitrogens with zero attached hydrogens (tertiary/aromatic N) is 1. The monoisotopic (exact) mass is 605 g/mol. The summed E-state index contributed by atoms with van der Waals surface area (Å²) in [7, 11) is 0. The minimum absolute atomic E-state index is 0.0149. The SMILES string of the molecule is CC(C)[C@H](NC(=O)[C@H](CCCN=C(N)N)NC(=O)[C@@H](N)CC(=O)O)C(=O)NCC(=O)NCC(=O)N[C@@H](CS)C(=O)O. The van der Waals surface area contributed by atoms with E-state index in [0.717, 1.165) is 0 Å². The number of nitrogens with two attached hydrogens (primary N) is 3. The maximum atomic E-state index is 13.0. The van der Waals surface area contributed by atoms with E-state index in [4.69, 9.17) is 27.4 Å². The number of aliphatic imine (C=N–C) groups is 1. The highest BCUT2D eigenvalue weighted by Crippen LogP contribution is 2.06. The van der Waals surface area contributed by atoms with E-state index in [1.807, 2.05) is 0 Å². The Balaban J connectivity index is 5.21. The standard InChI is InChI=1S/C22H39N9O9S/c1-10(2)17(20(38)28-7-14(32)27-8-15(33)29-13(9-41)21(39)40)31-19(37)12(4-3-5-26-22(24)25)30-18(36)11(23)6-16(34)35/h10-13,17,41H,3-9,23H2,1-2H3,(H,27,32)(H,28,38)(H,29,33)(H,30,36)(H,31,37)(H,34,35)(H,39,40)(H4,24,25,26)/t11-,12-,13-,17-/m0/s1. The summed E-state index contributed by atoms with van der Waals surface area (Å²) in [6.45, 7) is 2.23. The Labute approximate surface area is 241 Å². The first-order valence-electron chi connectivity index (χ1n) is 12.4. The largest absolute Gasteiger partial charge is 0.481 e. The van der Waals surface area contributed by atoms with Crippen molar-refractivity contribution in [1.29, 1.82) is 0 Å². The van der Waals surface area contributed by atoms with Crippen molar-refractivity contribution in [3.05, 3.63) is 0 Å². The molecule has 0 heterocycles. The van der Waals surface area contributed by atoms with Crippen LogP contribution < -0.4 is 43.8 Å². The number of thiol groups is 1. The van der Waals surface area contributed by atoms with E-state index in [-0.39, 0.29) is 31.1 Å². The number of carboxylic acids is 2. The van der Waals surface area contributed by atoms with Crippen LogP contribution in [0.4, 0.5) is 0 Å². The van der Waals surface area contributed by atoms with E-state index in [1.165, 1.54) is 0 Å². The van der Waals surface area contributed by atoms with Crippen LogP contribution in [0.2, 0.25) is 0 Å². The molecule has 0 aliphatic rings. The van der Waals surface area contributed by atoms with E-state index in [2.05, 4.69) is 44.2 Å². The minimum atomic E-state index is -1.43. The number of amides is 5. The normalized spacial score (nSPS) is 13.5. The number of rotatable bonds is 19. The molecule has 0 aromatic carbocycles. The number of guanidine groups is 1. The molecule has 0 saturated carbocycles. The van der Waals surface area contributed by atoms with Crippen molar-refractivity contribution in [3.63, 3.8) is 0 Å². The zero-order chi connectivity index (χ0) is 31.7. The van der Waals surface area contributed by atoms with Gasteiger partial charge in [0.05, 0.1) is 25.6 Å². The minimum Gasteiger partial charge on any atom is -0.481 e. The van der Waals surface area contributed by atoms with Gasteiger partial charge in [-0.15, -0.1) is 0 Å². The quantitative estimate of drug-likeness (QED) is 0.0286. The van der Waals surface area contributed by atoms with Gasteiger partial charge < -0.3 is 54.0 Å². The number of carbonyl (C=O) groups is 7. The van der Waals surface area contributed by atoms with Crippen LogP contribution in [0.25, 0.3) is 0 Å². The molecule has 0 radical (unpaired) electrons. The number of carbonyl (C=O) groups excluding carboxylic acids is 5. The molecular formula is C22H39N9O9S. The molecule has 41 heavy (non-hydrogen) atoms. The summed E-state index contributed by atoms with van der Waals surface area (Å²) in [6, 6.07) is -5.06. The highest BCUT2D eigenvalue weighted by molar-refractivity contribution is 7.80. The molecule has 0 fully saturated rings. The van der Waals surface area contributed by atoms with Crippen LogP contribution in [0.3, 0.4) is 0 Å². The molecule has 0 aromatic rings. The zero-order valence-corrected chi connectivity index (χ0v) is 23.6. The predicted octanol–water partition coefficient (Wildman–Crippen LogP) is -4.80. The van der Waals surface area contributed by atoms with Gasteiger partial charge >= 0.3 is 11.9 Å². The fourth-order valence-electron chi connectivity index (χ4n) is 3.07. The molecular weight excluding hydrogens is 566 g/mol. The second-order valence-corrected chi connectivity index (χ2v) is 9.45. The molecule has 0 aliphatic heterocycles. The summed E-state index contributed by atoms with van der Waals surface area (Å²) < 4.78 is 0. The molecule has 5 amide bonds. The van der Waals surface area contributed by atoms with Gasteiger partial charge in [0.1, 0.15) is 18.1 Å². The highest BCUT2D eigenvalue weighted by Gasteiger charge is 2.30. The van der Waals surface area contributed by atoms with Gasteiger partial charge in [0.2, 0.25) is 29.5 Å². The lowest BCUT2D eigenvalue weighted by Crippen LogP contribution is -2.57. The van der Waals surface area contributed by atoms with E-state index in [1.54, 1.807) is 13.8 Å². The maximum Gasteiger partial charge on any atom is 0.327 e. The van der Waals surface area contributed by atoms with Crippen molar-refractivity contribution in [2.24, 2.45) is 28.1 Å². The Morgan fingerprint density at radius 2 is 1.44 bits per heavy atom. The number of hydrogen-bond acceptors (Lipinski definition) is 10. The first-order valence-corrected chi connectivity index (χ1v) is 13.0. The van der Waals surface area contributed by atoms with Gasteiger partial charge in [-0.2, -0.15) is 12.6 Å². The lowest BCUT2D eigenvalue weighted by atomic mass is 10.0. The van der Waals surface area contributed by atoms with Crippen molar-refractivity contribution < 1.29 is 43.8 Å². The molecule has 13 N–H and O–H groups in total. The summed E-state index contributed by atoms with van der Waals surface area (Å²) in [5, 5.41) is 29.3. The number of aliphatic carboxylic acids is 2. The van der Waals surface area contributed by atoms with Gasteiger partial charge in [-0.25, -0.2) is 4.79 Å². The Morgan fingerprint density at radius 1 is 0.829 bits per heavy atom. The van der Waals surface area contributed by atoms with Gasteiger partial charge in [0.15, 0.2) is 5.96 Å². The molecule has 0 aliphatic carbocycles. The van der Waals surface area contributed by atoms with Gasteiger partial charge in [-0.3, -0.25) is 33.8 Å². The zero-order valence-electron chi connectivity index (χ0n) is 22.7. The van der Waals surface area contributed by atoms with E-state index < -0.39 is 91.1 Å². The molecule has 0 bridgehead atoms. The molecule has 4 atom stereocenters. The summed E-state index contributed by atoms with van der Waals surface area (Å²) in [4.78, 5) is 87.6. The first-order chi connectivity index (χ1) is 19.1. The lowest BCUT2D eigenvalue weighted by Gasteiger charge is -2.26. The van der Waals surface area contributed by atoms with Gasteiger partial charge in [-0.05, 0) is 18.8 Å². The second kappa shape index (κ2) is 19.0. The van der Waals surface area contributed by atoms with Crippen molar-refractivity contribution in [1.82, 2.24) is 26.6 Å². The van der Waals surface area contributed by atoms with Crippen molar-refractivity contribution in [3.8, 4) is 0 Å². The highest BCUT2D eigenvalue weighted by atomic mass is 32.1.